The van der Waals surface area contributed by atoms with Gasteiger partial charge >= 0.3 is 12.0 Å². The molecule has 110 valence electrons. The summed E-state index contributed by atoms with van der Waals surface area (Å²) in [5.74, 6) is -1.16. The molecule has 0 aliphatic heterocycles. The molecule has 8 nitrogen and oxygen atoms in total. The molecule has 0 spiro atoms. The molecule has 0 atom stereocenters. The number of nitrogens with one attached hydrogen (secondary N) is 2. The third kappa shape index (κ3) is 4.18. The molecule has 1 heterocycles. The van der Waals surface area contributed by atoms with Gasteiger partial charge in [-0.1, -0.05) is 16.8 Å². The van der Waals surface area contributed by atoms with Gasteiger partial charge in [0.1, 0.15) is 0 Å². The van der Waals surface area contributed by atoms with Gasteiger partial charge in [-0.15, -0.1) is 5.10 Å². The van der Waals surface area contributed by atoms with Crippen LogP contribution in [0.15, 0.2) is 30.6 Å². The number of carboxylic acids is 1. The van der Waals surface area contributed by atoms with Gasteiger partial charge in [-0.05, 0) is 18.2 Å². The third-order valence-corrected chi connectivity index (χ3v) is 2.88. The van der Waals surface area contributed by atoms with E-state index in [9.17, 15) is 9.59 Å². The highest BCUT2D eigenvalue weighted by molar-refractivity contribution is 6.33. The number of halogens is 1. The van der Waals surface area contributed by atoms with Crippen LogP contribution in [0.25, 0.3) is 0 Å². The number of carbonyl (C=O) groups is 2. The molecule has 0 bridgehead atoms. The minimum Gasteiger partial charge on any atom is -0.478 e. The maximum absolute atomic E-state index is 11.7. The fourth-order valence-corrected chi connectivity index (χ4v) is 1.78. The number of carboxylic acid groups (broad SMARTS) is 1. The number of hydrogen-bond acceptors (Lipinski definition) is 4. The number of rotatable bonds is 5. The predicted molar refractivity (Wildman–Crippen MR) is 75.5 cm³/mol. The lowest BCUT2D eigenvalue weighted by atomic mass is 10.2. The fraction of sp³-hybridized carbons (Fsp3) is 0.167. The summed E-state index contributed by atoms with van der Waals surface area (Å²) in [6.07, 6.45) is 3.22. The average Bonchev–Trinajstić information content (AvgIpc) is 2.94. The number of aromatic carboxylic acids is 1. The predicted octanol–water partition coefficient (Wildman–Crippen LogP) is 1.45. The molecule has 1 aromatic heterocycles. The molecule has 0 aliphatic carbocycles. The summed E-state index contributed by atoms with van der Waals surface area (Å²) in [4.78, 5) is 22.6. The zero-order valence-corrected chi connectivity index (χ0v) is 11.5. The maximum Gasteiger partial charge on any atom is 0.337 e. The van der Waals surface area contributed by atoms with Crippen LogP contribution in [-0.4, -0.2) is 38.6 Å². The van der Waals surface area contributed by atoms with E-state index in [-0.39, 0.29) is 10.6 Å². The van der Waals surface area contributed by atoms with Crippen molar-refractivity contribution in [1.29, 1.82) is 0 Å². The van der Waals surface area contributed by atoms with Crippen molar-refractivity contribution in [3.05, 3.63) is 41.2 Å². The second kappa shape index (κ2) is 6.71. The Balaban J connectivity index is 1.87. The maximum atomic E-state index is 11.7. The third-order valence-electron chi connectivity index (χ3n) is 2.55. The first-order chi connectivity index (χ1) is 10.1. The van der Waals surface area contributed by atoms with Crippen LogP contribution in [-0.2, 0) is 6.54 Å². The highest BCUT2D eigenvalue weighted by Gasteiger charge is 2.10. The molecule has 0 aliphatic rings. The van der Waals surface area contributed by atoms with Gasteiger partial charge < -0.3 is 15.7 Å². The summed E-state index contributed by atoms with van der Waals surface area (Å²) < 4.78 is 1.57. The molecule has 2 rings (SSSR count). The Morgan fingerprint density at radius 2 is 2.19 bits per heavy atom. The fourth-order valence-electron chi connectivity index (χ4n) is 1.58. The second-order valence-electron chi connectivity index (χ2n) is 4.05. The zero-order chi connectivity index (χ0) is 15.2. The molecule has 0 fully saturated rings. The monoisotopic (exact) mass is 309 g/mol. The first-order valence-corrected chi connectivity index (χ1v) is 6.36. The molecule has 0 saturated heterocycles. The molecule has 3 N–H and O–H groups in total. The Morgan fingerprint density at radius 3 is 2.86 bits per heavy atom. The number of anilines is 1. The van der Waals surface area contributed by atoms with Crippen molar-refractivity contribution < 1.29 is 14.7 Å². The SMILES string of the molecule is O=C(NCCn1ccnn1)Nc1ccc(Cl)c(C(=O)O)c1. The number of urea groups is 1. The average molecular weight is 310 g/mol. The van der Waals surface area contributed by atoms with E-state index < -0.39 is 12.0 Å². The van der Waals surface area contributed by atoms with Crippen molar-refractivity contribution in [2.24, 2.45) is 0 Å². The standard InChI is InChI=1S/C12H12ClN5O3/c13-10-2-1-8(7-9(10)11(19)20)16-12(21)14-3-5-18-6-4-15-17-18/h1-2,4,6-7H,3,5H2,(H,19,20)(H2,14,16,21). The Morgan fingerprint density at radius 1 is 1.38 bits per heavy atom. The van der Waals surface area contributed by atoms with Crippen LogP contribution in [0.2, 0.25) is 5.02 Å². The van der Waals surface area contributed by atoms with Crippen molar-refractivity contribution in [1.82, 2.24) is 20.3 Å². The summed E-state index contributed by atoms with van der Waals surface area (Å²) in [6.45, 7) is 0.836. The van der Waals surface area contributed by atoms with Crippen molar-refractivity contribution in [2.45, 2.75) is 6.54 Å². The normalized spacial score (nSPS) is 10.1. The Kier molecular flexibility index (Phi) is 4.72. The lowest BCUT2D eigenvalue weighted by Crippen LogP contribution is -2.31. The Bertz CT molecular complexity index is 644. The van der Waals surface area contributed by atoms with Crippen LogP contribution in [0.3, 0.4) is 0 Å². The van der Waals surface area contributed by atoms with Crippen LogP contribution in [0.4, 0.5) is 10.5 Å². The molecule has 0 unspecified atom stereocenters. The lowest BCUT2D eigenvalue weighted by molar-refractivity contribution is 0.0697. The van der Waals surface area contributed by atoms with Crippen LogP contribution in [0, 0.1) is 0 Å². The van der Waals surface area contributed by atoms with Crippen LogP contribution < -0.4 is 10.6 Å². The smallest absolute Gasteiger partial charge is 0.337 e. The van der Waals surface area contributed by atoms with Gasteiger partial charge in [0.15, 0.2) is 0 Å². The van der Waals surface area contributed by atoms with Gasteiger partial charge in [0.05, 0.1) is 23.3 Å². The zero-order valence-electron chi connectivity index (χ0n) is 10.8. The second-order valence-corrected chi connectivity index (χ2v) is 4.45. The van der Waals surface area contributed by atoms with Gasteiger partial charge in [-0.3, -0.25) is 4.68 Å². The van der Waals surface area contributed by atoms with E-state index in [2.05, 4.69) is 20.9 Å². The molecule has 2 aromatic rings. The van der Waals surface area contributed by atoms with Crippen molar-refractivity contribution >= 4 is 29.3 Å². The van der Waals surface area contributed by atoms with Crippen molar-refractivity contribution in [3.8, 4) is 0 Å². The Hall–Kier alpha value is -2.61. The van der Waals surface area contributed by atoms with E-state index in [0.717, 1.165) is 0 Å². The van der Waals surface area contributed by atoms with E-state index in [1.54, 1.807) is 17.1 Å². The topological polar surface area (TPSA) is 109 Å². The van der Waals surface area contributed by atoms with E-state index in [1.165, 1.54) is 18.2 Å². The highest BCUT2D eigenvalue weighted by Crippen LogP contribution is 2.20. The Labute approximate surface area is 124 Å². The highest BCUT2D eigenvalue weighted by atomic mass is 35.5. The van der Waals surface area contributed by atoms with Crippen LogP contribution in [0.1, 0.15) is 10.4 Å². The summed E-state index contributed by atoms with van der Waals surface area (Å²) in [5, 5.41) is 21.6. The number of carbonyl (C=O) groups excluding carboxylic acids is 1. The molecule has 2 amide bonds. The van der Waals surface area contributed by atoms with Crippen LogP contribution >= 0.6 is 11.6 Å². The quantitative estimate of drug-likeness (QED) is 0.774. The van der Waals surface area contributed by atoms with Crippen molar-refractivity contribution in [2.75, 3.05) is 11.9 Å². The minimum atomic E-state index is -1.16. The molecule has 0 radical (unpaired) electrons. The van der Waals surface area contributed by atoms with E-state index in [4.69, 9.17) is 16.7 Å². The number of amides is 2. The first-order valence-electron chi connectivity index (χ1n) is 5.98. The first kappa shape index (κ1) is 14.8. The largest absolute Gasteiger partial charge is 0.478 e. The molecule has 21 heavy (non-hydrogen) atoms. The number of hydrogen-bond donors (Lipinski definition) is 3. The number of aromatic nitrogens is 3. The molecule has 1 aromatic carbocycles. The van der Waals surface area contributed by atoms with Gasteiger partial charge in [-0.2, -0.15) is 0 Å². The molecular formula is C12H12ClN5O3. The summed E-state index contributed by atoms with van der Waals surface area (Å²) in [5.41, 5.74) is 0.270. The van der Waals surface area contributed by atoms with Gasteiger partial charge in [0.2, 0.25) is 0 Å². The molecule has 9 heteroatoms. The minimum absolute atomic E-state index is 0.0721. The van der Waals surface area contributed by atoms with E-state index in [1.807, 2.05) is 0 Å². The van der Waals surface area contributed by atoms with Crippen LogP contribution in [0.5, 0.6) is 0 Å². The lowest BCUT2D eigenvalue weighted by Gasteiger charge is -2.08. The van der Waals surface area contributed by atoms with Crippen molar-refractivity contribution in [3.63, 3.8) is 0 Å². The number of nitrogens with zero attached hydrogens (tertiary/aromatic N) is 3. The summed E-state index contributed by atoms with van der Waals surface area (Å²) in [6, 6.07) is 3.78. The number of benzene rings is 1. The molecular weight excluding hydrogens is 298 g/mol. The van der Waals surface area contributed by atoms with E-state index >= 15 is 0 Å². The molecule has 0 saturated carbocycles. The van der Waals surface area contributed by atoms with Gasteiger partial charge in [0, 0.05) is 18.4 Å². The summed E-state index contributed by atoms with van der Waals surface area (Å²) in [7, 11) is 0. The summed E-state index contributed by atoms with van der Waals surface area (Å²) >= 11 is 5.74. The van der Waals surface area contributed by atoms with Gasteiger partial charge in [-0.25, -0.2) is 9.59 Å². The van der Waals surface area contributed by atoms with E-state index in [0.29, 0.717) is 18.8 Å². The van der Waals surface area contributed by atoms with Gasteiger partial charge in [0.25, 0.3) is 0 Å².